The first-order chi connectivity index (χ1) is 9.28. The van der Waals surface area contributed by atoms with Crippen LogP contribution in [0.3, 0.4) is 0 Å². The van der Waals surface area contributed by atoms with Crippen LogP contribution >= 0.6 is 29.5 Å². The Morgan fingerprint density at radius 3 is 2.74 bits per heavy atom. The molecule has 0 amide bonds. The number of methoxy groups -OCH3 is 1. The Morgan fingerprint density at radius 2 is 2.16 bits per heavy atom. The molecule has 2 aliphatic rings. The Hall–Kier alpha value is -0.000000000000000111. The molecule has 19 heavy (non-hydrogen) atoms. The fraction of sp³-hybridized carbons (Fsp3) is 0.429. The van der Waals surface area contributed by atoms with Crippen LogP contribution in [-0.2, 0) is 4.74 Å². The van der Waals surface area contributed by atoms with Crippen LogP contribution in [0.4, 0.5) is 0 Å². The van der Waals surface area contributed by atoms with Gasteiger partial charge in [0.05, 0.1) is 0 Å². The van der Waals surface area contributed by atoms with Crippen molar-refractivity contribution in [3.63, 3.8) is 0 Å². The minimum absolute atomic E-state index is 0.117. The Kier molecular flexibility index (Phi) is 4.25. The molecule has 1 heterocycles. The summed E-state index contributed by atoms with van der Waals surface area (Å²) in [6.45, 7) is 1.14. The van der Waals surface area contributed by atoms with Crippen molar-refractivity contribution in [2.45, 2.75) is 6.23 Å². The van der Waals surface area contributed by atoms with Crippen molar-refractivity contribution in [1.29, 1.82) is 0 Å². The van der Waals surface area contributed by atoms with Gasteiger partial charge in [-0.2, -0.15) is 0 Å². The average molecular weight is 390 g/mol. The molecule has 0 saturated carbocycles. The van der Waals surface area contributed by atoms with Gasteiger partial charge in [-0.25, -0.2) is 0 Å². The summed E-state index contributed by atoms with van der Waals surface area (Å²) in [5, 5.41) is 3.30. The van der Waals surface area contributed by atoms with Gasteiger partial charge in [0.2, 0.25) is 0 Å². The number of nitrogens with one attached hydrogen (secondary N) is 1. The molecule has 3 rings (SSSR count). The fourth-order valence-corrected chi connectivity index (χ4v) is 10.2. The van der Waals surface area contributed by atoms with Crippen molar-refractivity contribution in [3.8, 4) is 0 Å². The average Bonchev–Trinajstić information content (AvgIpc) is 3.09. The van der Waals surface area contributed by atoms with Crippen LogP contribution in [-0.4, -0.2) is 25.7 Å². The normalized spacial score (nSPS) is 24.0. The maximum absolute atomic E-state index is 5.82. The van der Waals surface area contributed by atoms with Gasteiger partial charge in [0, 0.05) is 0 Å². The van der Waals surface area contributed by atoms with Gasteiger partial charge >= 0.3 is 125 Å². The van der Waals surface area contributed by atoms with Crippen molar-refractivity contribution < 1.29 is 4.74 Å². The van der Waals surface area contributed by atoms with Crippen molar-refractivity contribution >= 4 is 29.5 Å². The predicted octanol–water partition coefficient (Wildman–Crippen LogP) is 2.96. The van der Waals surface area contributed by atoms with Gasteiger partial charge in [0.25, 0.3) is 0 Å². The molecule has 1 N–H and O–H groups in total. The Morgan fingerprint density at radius 1 is 1.42 bits per heavy atom. The van der Waals surface area contributed by atoms with E-state index >= 15 is 0 Å². The quantitative estimate of drug-likeness (QED) is 0.209. The predicted molar refractivity (Wildman–Crippen MR) is 91.1 cm³/mol. The summed E-state index contributed by atoms with van der Waals surface area (Å²) in [7, 11) is 4.47. The number of nitrogens with zero attached hydrogens (tertiary/aromatic N) is 1. The number of hydrogen-bond acceptors (Lipinski definition) is 3. The van der Waals surface area contributed by atoms with E-state index in [-0.39, 0.29) is 6.23 Å². The van der Waals surface area contributed by atoms with E-state index in [1.165, 1.54) is 9.99 Å². The molecule has 1 aromatic rings. The van der Waals surface area contributed by atoms with Gasteiger partial charge in [0.1, 0.15) is 0 Å². The summed E-state index contributed by atoms with van der Waals surface area (Å²) in [5.41, 5.74) is 1.69. The summed E-state index contributed by atoms with van der Waals surface area (Å²) >= 11 is -1.18. The van der Waals surface area contributed by atoms with E-state index in [1.807, 2.05) is 7.11 Å². The molecular weight excluding hydrogens is 370 g/mol. The molecule has 104 valence electrons. The molecule has 0 bridgehead atoms. The molecule has 1 fully saturated rings. The molecule has 0 radical (unpaired) electrons. The van der Waals surface area contributed by atoms with Crippen LogP contribution in [0.2, 0.25) is 0 Å². The molecule has 1 aliphatic heterocycles. The second-order valence-corrected chi connectivity index (χ2v) is 10.6. The second-order valence-electron chi connectivity index (χ2n) is 5.02. The first-order valence-electron chi connectivity index (χ1n) is 6.38. The second kappa shape index (κ2) is 5.78. The van der Waals surface area contributed by atoms with Crippen molar-refractivity contribution in [3.05, 3.63) is 48.0 Å². The number of alkyl halides is 2. The monoisotopic (exact) mass is 390 g/mol. The minimum atomic E-state index is -1.18. The van der Waals surface area contributed by atoms with E-state index in [9.17, 15) is 0 Å². The summed E-state index contributed by atoms with van der Waals surface area (Å²) < 4.78 is 10.9. The maximum atomic E-state index is 5.82. The van der Waals surface area contributed by atoms with Crippen LogP contribution in [0, 0.1) is 5.41 Å². The summed E-state index contributed by atoms with van der Waals surface area (Å²) in [5.74, 6) is 0. The standard InChI is InChI=1S/C14H20IN2OP/c1-18-13(12-5-3-2-4-6-12)17-10-14(7-8-14)9-15(17)11-16-19/h2-8,13,16H,9-11,19H2,1H3. The van der Waals surface area contributed by atoms with E-state index in [2.05, 4.69) is 60.1 Å². The first kappa shape index (κ1) is 14.0. The number of halogens is 1. The molecule has 1 aromatic carbocycles. The van der Waals surface area contributed by atoms with Crippen LogP contribution < -0.4 is 5.09 Å². The van der Waals surface area contributed by atoms with Gasteiger partial charge in [-0.1, -0.05) is 0 Å². The molecule has 0 aromatic heterocycles. The number of rotatable bonds is 5. The van der Waals surface area contributed by atoms with Gasteiger partial charge in [0.15, 0.2) is 0 Å². The Bertz CT molecular complexity index is 462. The molecule has 1 saturated heterocycles. The van der Waals surface area contributed by atoms with Crippen LogP contribution in [0.1, 0.15) is 11.8 Å². The summed E-state index contributed by atoms with van der Waals surface area (Å²) in [6, 6.07) is 10.6. The Balaban J connectivity index is 1.81. The molecular formula is C14H20IN2OP. The van der Waals surface area contributed by atoms with E-state index in [4.69, 9.17) is 4.74 Å². The molecule has 2 unspecified atom stereocenters. The third kappa shape index (κ3) is 2.88. The van der Waals surface area contributed by atoms with Crippen molar-refractivity contribution in [1.82, 2.24) is 8.20 Å². The molecule has 2 atom stereocenters. The number of ether oxygens (including phenoxy) is 1. The van der Waals surface area contributed by atoms with E-state index in [0.29, 0.717) is 5.41 Å². The van der Waals surface area contributed by atoms with Gasteiger partial charge < -0.3 is 0 Å². The third-order valence-electron chi connectivity index (χ3n) is 3.59. The third-order valence-corrected chi connectivity index (χ3v) is 10.8. The fourth-order valence-electron chi connectivity index (χ4n) is 2.54. The van der Waals surface area contributed by atoms with Gasteiger partial charge in [-0.15, -0.1) is 0 Å². The van der Waals surface area contributed by atoms with Crippen molar-refractivity contribution in [2.75, 3.05) is 22.6 Å². The number of benzene rings is 1. The van der Waals surface area contributed by atoms with Crippen LogP contribution in [0.15, 0.2) is 42.5 Å². The van der Waals surface area contributed by atoms with Crippen LogP contribution in [0.25, 0.3) is 0 Å². The molecule has 1 spiro atoms. The van der Waals surface area contributed by atoms with Gasteiger partial charge in [-0.05, 0) is 0 Å². The number of hydrogen-bond donors (Lipinski definition) is 1. The molecule has 3 nitrogen and oxygen atoms in total. The molecule has 1 aliphatic carbocycles. The topological polar surface area (TPSA) is 24.5 Å². The molecule has 5 heteroatoms. The van der Waals surface area contributed by atoms with E-state index in [0.717, 1.165) is 11.1 Å². The zero-order valence-electron chi connectivity index (χ0n) is 11.1. The Labute approximate surface area is 124 Å². The first-order valence-corrected chi connectivity index (χ1v) is 11.0. The van der Waals surface area contributed by atoms with E-state index in [1.54, 1.807) is 0 Å². The van der Waals surface area contributed by atoms with Crippen molar-refractivity contribution in [2.24, 2.45) is 5.41 Å². The summed E-state index contributed by atoms with van der Waals surface area (Å²) in [6.07, 6.45) is 4.86. The zero-order chi connectivity index (χ0) is 13.3. The van der Waals surface area contributed by atoms with Gasteiger partial charge in [-0.3, -0.25) is 0 Å². The zero-order valence-corrected chi connectivity index (χ0v) is 14.4. The van der Waals surface area contributed by atoms with Crippen LogP contribution in [0.5, 0.6) is 0 Å². The summed E-state index contributed by atoms with van der Waals surface area (Å²) in [4.78, 5) is 0. The SMILES string of the molecule is COC(c1ccccc1)N1CC2(C=C2)CI1CNP. The van der Waals surface area contributed by atoms with E-state index < -0.39 is 20.1 Å².